The zero-order valence-electron chi connectivity index (χ0n) is 68.2. The average molecular weight is 2280 g/mol. The molecule has 0 nitrogen and oxygen atoms in total. The third-order valence-corrected chi connectivity index (χ3v) is 151. The van der Waals surface area contributed by atoms with Crippen LogP contribution in [-0.4, -0.2) is 36.8 Å². The van der Waals surface area contributed by atoms with E-state index in [1.54, 1.807) is 26.3 Å². The number of fused-ring (bicyclic) bond motifs is 2. The van der Waals surface area contributed by atoms with Crippen molar-refractivity contribution in [2.75, 3.05) is 0 Å². The van der Waals surface area contributed by atoms with Gasteiger partial charge in [0.2, 0.25) is 0 Å². The maximum atomic E-state index is 3.81. The summed E-state index contributed by atoms with van der Waals surface area (Å²) in [5.41, 5.74) is 6.10. The number of hydrogen-bond donors (Lipinski definition) is 0. The van der Waals surface area contributed by atoms with Crippen LogP contribution in [0.1, 0.15) is 285 Å². The van der Waals surface area contributed by atoms with E-state index >= 15 is 0 Å². The van der Waals surface area contributed by atoms with E-state index in [9.17, 15) is 0 Å². The Morgan fingerprint density at radius 1 is 0.339 bits per heavy atom. The summed E-state index contributed by atoms with van der Waals surface area (Å²) in [5.74, 6) is 0. The standard InChI is InChI=1S/C38H54S4.C30H46Br2S2.C6H2S2.6CH3.H19P17.2Sn/c1-5-7-9-11-13-15-17-19-21-31-26-33(40-30(31)4)23-24-34-27-32(22-20-18-16-14-12-10-8-6-2)38(41-34)37-28-36-35(42-37)25-29(3)39-36;1-3-5-7-9-11-13-15-17-19-25-23-27(33-29(25)31)21-22-28-24-26(30(32)34-28)20-18-16-14-12-10-8-6-4-2;1-3-7-6-2-4-8-5(1)6;;;;;;;1-10-15(11(2)3)17(14(8)9)16(12(4)5)13(6)7;;/h23-28H,5-22H2,1-4H3;21-24H,3-20H2,1-2H3;1-2H;6*1H3;10H,1-9H2;;/b24-23+;22-21+;;;;;;;;;;. The van der Waals surface area contributed by atoms with Crippen LogP contribution in [0.4, 0.5) is 0 Å². The number of aryl methyl sites for hydroxylation is 6. The molecule has 0 spiro atoms. The van der Waals surface area contributed by atoms with Crippen LogP contribution in [0.15, 0.2) is 56.1 Å². The molecule has 0 aliphatic rings. The number of hydrogen-bond acceptors (Lipinski definition) is 8. The van der Waals surface area contributed by atoms with Gasteiger partial charge in [-0.25, -0.2) is 0 Å². The summed E-state index contributed by atoms with van der Waals surface area (Å²) in [6.07, 6.45) is 58.5. The number of rotatable bonds is 50. The fourth-order valence-electron chi connectivity index (χ4n) is 12.7. The summed E-state index contributed by atoms with van der Waals surface area (Å²) in [6.45, 7) is 14.6. The van der Waals surface area contributed by atoms with Crippen LogP contribution in [-0.2, 0) is 25.7 Å². The van der Waals surface area contributed by atoms with Gasteiger partial charge in [-0.05, 0) is 229 Å². The van der Waals surface area contributed by atoms with Crippen molar-refractivity contribution in [2.24, 2.45) is 0 Å². The van der Waals surface area contributed by atoms with Crippen LogP contribution in [0.25, 0.3) is 52.9 Å². The fraction of sp³-hybridized carbons (Fsp3) is 0.600. The zero-order valence-corrected chi connectivity index (χ0v) is 101. The normalized spacial score (nSPS) is 13.0. The van der Waals surface area contributed by atoms with Gasteiger partial charge in [0.25, 0.3) is 0 Å². The van der Waals surface area contributed by atoms with Gasteiger partial charge in [-0.15, -0.1) is 148 Å². The second kappa shape index (κ2) is 61.0. The molecule has 0 fully saturated rings. The van der Waals surface area contributed by atoms with Crippen molar-refractivity contribution < 1.29 is 0 Å². The van der Waals surface area contributed by atoms with Crippen LogP contribution in [0.5, 0.6) is 0 Å². The minimum absolute atomic E-state index is 0.0688. The predicted octanol–water partition coefficient (Wildman–Crippen LogP) is 41.4. The van der Waals surface area contributed by atoms with E-state index in [0.717, 1.165) is 7.96 Å². The molecular formula is C80H139Br2P17S8Sn2. The van der Waals surface area contributed by atoms with Crippen molar-refractivity contribution in [3.8, 4) is 9.75 Å². The van der Waals surface area contributed by atoms with Crippen LogP contribution in [0.2, 0.25) is 29.6 Å². The summed E-state index contributed by atoms with van der Waals surface area (Å²) in [6, 6.07) is 19.6. The van der Waals surface area contributed by atoms with Gasteiger partial charge in [0.05, 0.1) is 7.57 Å². The number of thiophene rings is 8. The van der Waals surface area contributed by atoms with Crippen molar-refractivity contribution >= 4 is 345 Å². The molecule has 0 N–H and O–H groups in total. The molecule has 8 heterocycles. The monoisotopic (exact) mass is 2280 g/mol. The van der Waals surface area contributed by atoms with Gasteiger partial charge in [0, 0.05) is 48.4 Å². The van der Waals surface area contributed by atoms with E-state index in [2.05, 4.69) is 279 Å². The first-order chi connectivity index (χ1) is 52.1. The second-order valence-corrected chi connectivity index (χ2v) is 138. The Bertz CT molecular complexity index is 3610. The molecule has 29 heteroatoms. The summed E-state index contributed by atoms with van der Waals surface area (Å²) in [4.78, 5) is 26.5. The quantitative estimate of drug-likeness (QED) is 0.0203. The molecule has 8 aromatic rings. The molecule has 0 aromatic carbocycles. The van der Waals surface area contributed by atoms with Gasteiger partial charge in [0.1, 0.15) is 0 Å². The van der Waals surface area contributed by atoms with Crippen molar-refractivity contribution in [1.82, 2.24) is 0 Å². The molecule has 0 amide bonds. The Morgan fingerprint density at radius 2 is 0.651 bits per heavy atom. The Hall–Kier alpha value is 7.47. The number of unbranched alkanes of at least 4 members (excludes halogenated alkanes) is 28. The molecule has 12 unspecified atom stereocenters. The Kier molecular flexibility index (Phi) is 59.9. The van der Waals surface area contributed by atoms with Crippen LogP contribution in [0.3, 0.4) is 0 Å². The van der Waals surface area contributed by atoms with Crippen molar-refractivity contribution in [3.05, 3.63) is 108 Å². The second-order valence-electron chi connectivity index (χ2n) is 30.8. The SMILES string of the molecule is CCCCCCCCCCc1cc(/C=C/c2cc(CCCCCCCCCC)c(-c3cc4sc(C)cc4s3)s2)sc1C.CCCCCCCCCCc1cc(/C=C/c2cc(CCCCCCCCCC)c(Br)s2)sc1Br.PPP(P(P)P)P(P(P)P)P(P(P)P)P(P)P.[CH3][Sn]([CH3])([CH3])[c]1cc2s[c]([Sn]([CH3])([CH3])[CH3])cc2s1. The first kappa shape index (κ1) is 107. The molecule has 0 aliphatic carbocycles. The molecule has 0 bridgehead atoms. The van der Waals surface area contributed by atoms with Crippen molar-refractivity contribution in [3.63, 3.8) is 0 Å². The van der Waals surface area contributed by atoms with Gasteiger partial charge in [-0.2, -0.15) is 0 Å². The molecule has 614 valence electrons. The Balaban J connectivity index is 0.000000282. The summed E-state index contributed by atoms with van der Waals surface area (Å²) >= 11 is 19.8. The average Bonchev–Trinajstić information content (AvgIpc) is 1.68. The van der Waals surface area contributed by atoms with Crippen LogP contribution >= 0.6 is 260 Å². The van der Waals surface area contributed by atoms with Crippen LogP contribution in [0, 0.1) is 13.8 Å². The van der Waals surface area contributed by atoms with Gasteiger partial charge in [-0.3, -0.25) is 0 Å². The molecule has 12 atom stereocenters. The fourth-order valence-corrected chi connectivity index (χ4v) is 223. The molecule has 0 radical (unpaired) electrons. The van der Waals surface area contributed by atoms with Gasteiger partial charge in [0.15, 0.2) is 0 Å². The third kappa shape index (κ3) is 42.3. The van der Waals surface area contributed by atoms with Gasteiger partial charge in [-0.1, -0.05) is 215 Å². The van der Waals surface area contributed by atoms with Gasteiger partial charge >= 0.3 is 116 Å². The molecule has 0 saturated carbocycles. The van der Waals surface area contributed by atoms with E-state index in [1.165, 1.54) is 298 Å². The molecule has 0 aliphatic heterocycles. The Labute approximate surface area is 754 Å². The van der Waals surface area contributed by atoms with Crippen molar-refractivity contribution in [2.45, 2.75) is 302 Å². The Morgan fingerprint density at radius 3 is 1.00 bits per heavy atom. The van der Waals surface area contributed by atoms with E-state index in [1.807, 2.05) is 68.0 Å². The molecule has 0 saturated heterocycles. The number of halogens is 2. The molecule has 8 rings (SSSR count). The molecular weight excluding hydrogens is 2140 g/mol. The van der Waals surface area contributed by atoms with E-state index in [0.29, 0.717) is 0 Å². The van der Waals surface area contributed by atoms with E-state index in [4.69, 9.17) is 0 Å². The molecule has 109 heavy (non-hydrogen) atoms. The summed E-state index contributed by atoms with van der Waals surface area (Å²) < 4.78 is 12.1. The molecule has 8 aromatic heterocycles. The first-order valence-corrected chi connectivity index (χ1v) is 98.7. The third-order valence-electron chi connectivity index (χ3n) is 19.0. The zero-order chi connectivity index (χ0) is 79.9. The minimum atomic E-state index is -1.82. The summed E-state index contributed by atoms with van der Waals surface area (Å²) in [7, 11) is 29.0. The van der Waals surface area contributed by atoms with E-state index in [-0.39, 0.29) is 48.9 Å². The first-order valence-electron chi connectivity index (χ1n) is 40.4. The van der Waals surface area contributed by atoms with Gasteiger partial charge < -0.3 is 0 Å². The topological polar surface area (TPSA) is 0 Å². The van der Waals surface area contributed by atoms with E-state index < -0.39 is 36.8 Å². The summed E-state index contributed by atoms with van der Waals surface area (Å²) in [5, 5.41) is 0. The van der Waals surface area contributed by atoms with Crippen molar-refractivity contribution in [1.29, 1.82) is 0 Å². The van der Waals surface area contributed by atoms with Crippen LogP contribution < -0.4 is 5.79 Å². The maximum absolute atomic E-state index is 3.81. The predicted molar refractivity (Wildman–Crippen MR) is 594 cm³/mol.